The number of aromatic carboxylic acids is 2. The van der Waals surface area contributed by atoms with Gasteiger partial charge in [-0.15, -0.1) is 0 Å². The fraction of sp³-hybridized carbons (Fsp3) is 0.235. The van der Waals surface area contributed by atoms with E-state index in [9.17, 15) is 24.9 Å². The topological polar surface area (TPSA) is 117 Å². The van der Waals surface area contributed by atoms with Gasteiger partial charge in [0.1, 0.15) is 11.3 Å². The third kappa shape index (κ3) is 3.45. The molecule has 7 heteroatoms. The van der Waals surface area contributed by atoms with Crippen LogP contribution in [0.4, 0.5) is 0 Å². The molecular weight excluding hydrogens is 314 g/mol. The zero-order valence-electron chi connectivity index (χ0n) is 13.2. The molecule has 0 radical (unpaired) electrons. The van der Waals surface area contributed by atoms with E-state index in [1.165, 1.54) is 6.92 Å². The van der Waals surface area contributed by atoms with Crippen LogP contribution >= 0.6 is 0 Å². The van der Waals surface area contributed by atoms with Crippen LogP contribution in [0.2, 0.25) is 0 Å². The zero-order valence-corrected chi connectivity index (χ0v) is 13.2. The van der Waals surface area contributed by atoms with Crippen molar-refractivity contribution < 1.29 is 29.6 Å². The second kappa shape index (κ2) is 6.99. The summed E-state index contributed by atoms with van der Waals surface area (Å²) in [5.41, 5.74) is 0.0449. The summed E-state index contributed by atoms with van der Waals surface area (Å²) in [6, 6.07) is 7.24. The molecular formula is C17H17NO6. The molecule has 24 heavy (non-hydrogen) atoms. The van der Waals surface area contributed by atoms with Gasteiger partial charge in [-0.05, 0) is 37.5 Å². The molecule has 0 amide bonds. The van der Waals surface area contributed by atoms with E-state index in [2.05, 4.69) is 4.98 Å². The number of aromatic hydroxyl groups is 1. The Morgan fingerprint density at radius 3 is 2.12 bits per heavy atom. The Hall–Kier alpha value is -3.09. The van der Waals surface area contributed by atoms with Crippen molar-refractivity contribution in [2.45, 2.75) is 19.8 Å². The number of carbonyl (C=O) groups is 2. The number of pyridine rings is 1. The van der Waals surface area contributed by atoms with E-state index in [1.807, 2.05) is 12.1 Å². The van der Waals surface area contributed by atoms with Gasteiger partial charge >= 0.3 is 11.9 Å². The van der Waals surface area contributed by atoms with Crippen molar-refractivity contribution in [2.24, 2.45) is 0 Å². The molecule has 3 N–H and O–H groups in total. The summed E-state index contributed by atoms with van der Waals surface area (Å²) < 4.78 is 5.07. The Bertz CT molecular complexity index is 783. The van der Waals surface area contributed by atoms with Crippen molar-refractivity contribution in [2.75, 3.05) is 7.11 Å². The molecule has 0 bridgehead atoms. The first-order valence-corrected chi connectivity index (χ1v) is 7.17. The number of carboxylic acids is 2. The van der Waals surface area contributed by atoms with Crippen molar-refractivity contribution in [3.63, 3.8) is 0 Å². The van der Waals surface area contributed by atoms with Crippen molar-refractivity contribution in [3.8, 4) is 11.5 Å². The summed E-state index contributed by atoms with van der Waals surface area (Å²) in [6.07, 6.45) is 0.704. The standard InChI is InChI=1S/C17H17NO6/c1-9-15(19)14(17(22)23)13(16(20)21)12(18-9)8-5-10-3-6-11(24-2)7-4-10/h3-4,6-7,19H,5,8H2,1-2H3,(H,20,21)(H,22,23). The number of methoxy groups -OCH3 is 1. The first kappa shape index (κ1) is 17.3. The molecule has 1 aromatic carbocycles. The second-order valence-electron chi connectivity index (χ2n) is 5.20. The predicted molar refractivity (Wildman–Crippen MR) is 85.0 cm³/mol. The lowest BCUT2D eigenvalue weighted by atomic mass is 9.99. The minimum absolute atomic E-state index is 0.0853. The number of rotatable bonds is 6. The third-order valence-corrected chi connectivity index (χ3v) is 3.66. The molecule has 0 saturated carbocycles. The van der Waals surface area contributed by atoms with Crippen LogP contribution in [0.15, 0.2) is 24.3 Å². The SMILES string of the molecule is COc1ccc(CCc2nc(C)c(O)c(C(=O)O)c2C(=O)O)cc1. The van der Waals surface area contributed by atoms with Gasteiger partial charge in [0.15, 0.2) is 5.75 Å². The Labute approximate surface area is 138 Å². The molecule has 1 aromatic heterocycles. The number of ether oxygens (including phenoxy) is 1. The van der Waals surface area contributed by atoms with Gasteiger partial charge in [0, 0.05) is 0 Å². The fourth-order valence-corrected chi connectivity index (χ4v) is 2.43. The van der Waals surface area contributed by atoms with Crippen LogP contribution in [-0.2, 0) is 12.8 Å². The van der Waals surface area contributed by atoms with Crippen LogP contribution in [0.1, 0.15) is 37.7 Å². The highest BCUT2D eigenvalue weighted by Gasteiger charge is 2.26. The molecule has 0 saturated heterocycles. The molecule has 126 valence electrons. The van der Waals surface area contributed by atoms with Crippen LogP contribution in [0.3, 0.4) is 0 Å². The van der Waals surface area contributed by atoms with Crippen LogP contribution < -0.4 is 4.74 Å². The van der Waals surface area contributed by atoms with Gasteiger partial charge in [0.25, 0.3) is 0 Å². The zero-order chi connectivity index (χ0) is 17.9. The molecule has 0 aliphatic rings. The highest BCUT2D eigenvalue weighted by Crippen LogP contribution is 2.27. The molecule has 0 spiro atoms. The first-order valence-electron chi connectivity index (χ1n) is 7.17. The van der Waals surface area contributed by atoms with Gasteiger partial charge in [-0.25, -0.2) is 9.59 Å². The van der Waals surface area contributed by atoms with Crippen molar-refractivity contribution in [1.29, 1.82) is 0 Å². The molecule has 0 aliphatic carbocycles. The number of benzene rings is 1. The lowest BCUT2D eigenvalue weighted by molar-refractivity contribution is 0.0646. The van der Waals surface area contributed by atoms with Gasteiger partial charge in [-0.3, -0.25) is 4.98 Å². The third-order valence-electron chi connectivity index (χ3n) is 3.66. The van der Waals surface area contributed by atoms with Gasteiger partial charge in [0.05, 0.1) is 24.1 Å². The summed E-state index contributed by atoms with van der Waals surface area (Å²) >= 11 is 0. The maximum atomic E-state index is 11.5. The summed E-state index contributed by atoms with van der Waals surface area (Å²) in [6.45, 7) is 1.43. The number of hydrogen-bond donors (Lipinski definition) is 3. The molecule has 7 nitrogen and oxygen atoms in total. The normalized spacial score (nSPS) is 10.4. The van der Waals surface area contributed by atoms with Gasteiger partial charge in [-0.1, -0.05) is 12.1 Å². The minimum Gasteiger partial charge on any atom is -0.505 e. The molecule has 0 atom stereocenters. The Morgan fingerprint density at radius 2 is 1.62 bits per heavy atom. The first-order chi connectivity index (χ1) is 11.3. The number of aryl methyl sites for hydroxylation is 3. The predicted octanol–water partition coefficient (Wildman–Crippen LogP) is 2.29. The van der Waals surface area contributed by atoms with Gasteiger partial charge in [0.2, 0.25) is 0 Å². The Kier molecular flexibility index (Phi) is 5.03. The average Bonchev–Trinajstić information content (AvgIpc) is 2.55. The quantitative estimate of drug-likeness (QED) is 0.743. The number of hydrogen-bond acceptors (Lipinski definition) is 5. The number of nitrogens with zero attached hydrogens (tertiary/aromatic N) is 1. The fourth-order valence-electron chi connectivity index (χ4n) is 2.43. The summed E-state index contributed by atoms with van der Waals surface area (Å²) in [5, 5.41) is 28.4. The Balaban J connectivity index is 2.38. The maximum absolute atomic E-state index is 11.5. The summed E-state index contributed by atoms with van der Waals surface area (Å²) in [4.78, 5) is 26.9. The van der Waals surface area contributed by atoms with Gasteiger partial charge < -0.3 is 20.1 Å². The minimum atomic E-state index is -1.50. The lowest BCUT2D eigenvalue weighted by Crippen LogP contribution is -2.15. The summed E-state index contributed by atoms with van der Waals surface area (Å²) in [7, 11) is 1.56. The van der Waals surface area contributed by atoms with E-state index >= 15 is 0 Å². The van der Waals surface area contributed by atoms with Crippen molar-refractivity contribution in [1.82, 2.24) is 4.98 Å². The maximum Gasteiger partial charge on any atom is 0.340 e. The molecule has 0 aliphatic heterocycles. The molecule has 0 unspecified atom stereocenters. The van der Waals surface area contributed by atoms with E-state index in [1.54, 1.807) is 19.2 Å². The van der Waals surface area contributed by atoms with Crippen LogP contribution in [-0.4, -0.2) is 39.4 Å². The van der Waals surface area contributed by atoms with Crippen LogP contribution in [0, 0.1) is 6.92 Å². The number of aromatic nitrogens is 1. The van der Waals surface area contributed by atoms with Gasteiger partial charge in [-0.2, -0.15) is 0 Å². The average molecular weight is 331 g/mol. The highest BCUT2D eigenvalue weighted by molar-refractivity contribution is 6.04. The molecule has 2 aromatic rings. The second-order valence-corrected chi connectivity index (χ2v) is 5.20. The largest absolute Gasteiger partial charge is 0.505 e. The van der Waals surface area contributed by atoms with Crippen molar-refractivity contribution in [3.05, 3.63) is 52.3 Å². The molecule has 1 heterocycles. The van der Waals surface area contributed by atoms with E-state index in [0.717, 1.165) is 5.56 Å². The van der Waals surface area contributed by atoms with E-state index in [4.69, 9.17) is 4.74 Å². The summed E-state index contributed by atoms with van der Waals surface area (Å²) in [5.74, 6) is -2.84. The monoisotopic (exact) mass is 331 g/mol. The highest BCUT2D eigenvalue weighted by atomic mass is 16.5. The van der Waals surface area contributed by atoms with E-state index < -0.39 is 28.8 Å². The number of carboxylic acid groups (broad SMARTS) is 2. The smallest absolute Gasteiger partial charge is 0.340 e. The van der Waals surface area contributed by atoms with Crippen LogP contribution in [0.5, 0.6) is 11.5 Å². The van der Waals surface area contributed by atoms with Crippen LogP contribution in [0.25, 0.3) is 0 Å². The van der Waals surface area contributed by atoms with E-state index in [-0.39, 0.29) is 17.8 Å². The van der Waals surface area contributed by atoms with E-state index in [0.29, 0.717) is 12.2 Å². The van der Waals surface area contributed by atoms with Crippen molar-refractivity contribution >= 4 is 11.9 Å². The lowest BCUT2D eigenvalue weighted by Gasteiger charge is -2.12. The Morgan fingerprint density at radius 1 is 1.04 bits per heavy atom. The molecule has 0 fully saturated rings. The molecule has 2 rings (SSSR count).